The summed E-state index contributed by atoms with van der Waals surface area (Å²) in [6.45, 7) is 11.2. The number of rotatable bonds is 8. The van der Waals surface area contributed by atoms with Crippen LogP contribution in [-0.4, -0.2) is 27.8 Å². The highest BCUT2D eigenvalue weighted by Gasteiger charge is 2.34. The largest absolute Gasteiger partial charge is 0.490 e. The van der Waals surface area contributed by atoms with Crippen molar-refractivity contribution in [2.24, 2.45) is 0 Å². The molecule has 208 valence electrons. The van der Waals surface area contributed by atoms with Crippen molar-refractivity contribution < 1.29 is 19.1 Å². The molecule has 1 N–H and O–H groups in total. The van der Waals surface area contributed by atoms with Crippen molar-refractivity contribution in [2.75, 3.05) is 6.61 Å². The number of nitrogens with zero attached hydrogens (tertiary/aromatic N) is 1. The summed E-state index contributed by atoms with van der Waals surface area (Å²) in [5.74, 6) is 0.325. The number of thioether (sulfide) groups is 1. The van der Waals surface area contributed by atoms with E-state index in [0.717, 1.165) is 33.5 Å². The summed E-state index contributed by atoms with van der Waals surface area (Å²) in [7, 11) is 0. The topological polar surface area (TPSA) is 67.9 Å². The fraction of sp³-hybridized carbons (Fsp3) is 0.258. The van der Waals surface area contributed by atoms with E-state index in [1.165, 1.54) is 5.56 Å². The van der Waals surface area contributed by atoms with Gasteiger partial charge in [0.05, 0.1) is 16.0 Å². The Balaban J connectivity index is 1.50. The van der Waals surface area contributed by atoms with Gasteiger partial charge in [0, 0.05) is 5.56 Å². The second-order valence-corrected chi connectivity index (χ2v) is 12.9. The molecule has 0 aliphatic carbocycles. The maximum absolute atomic E-state index is 13.1. The van der Waals surface area contributed by atoms with E-state index in [-0.39, 0.29) is 9.74 Å². The number of nitrogens with one attached hydrogen (secondary N) is 1. The summed E-state index contributed by atoms with van der Waals surface area (Å²) in [5.41, 5.74) is 7.20. The van der Waals surface area contributed by atoms with Gasteiger partial charge in [-0.1, -0.05) is 74.5 Å². The monoisotopic (exact) mass is 638 g/mol. The van der Waals surface area contributed by atoms with Gasteiger partial charge in [0.2, 0.25) is 0 Å². The van der Waals surface area contributed by atoms with Crippen molar-refractivity contribution in [3.05, 3.63) is 97.9 Å². The number of amides is 2. The second kappa shape index (κ2) is 12.6. The van der Waals surface area contributed by atoms with Crippen molar-refractivity contribution >= 4 is 62.1 Å². The zero-order valence-corrected chi connectivity index (χ0v) is 26.3. The van der Waals surface area contributed by atoms with E-state index in [1.54, 1.807) is 18.2 Å². The van der Waals surface area contributed by atoms with E-state index >= 15 is 0 Å². The first kappa shape index (κ1) is 29.8. The van der Waals surface area contributed by atoms with E-state index in [1.807, 2.05) is 38.1 Å². The number of thiocarbonyl (C=S) groups is 1. The average Bonchev–Trinajstić information content (AvgIpc) is 3.15. The SMILES string of the molecule is CCOc1cc(/C=C2/SC(=S)N(NC(=O)c3ccc(C)cc3)C2=O)cc(Br)c1OCc1ccc(C(C)(C)C)cc1. The highest BCUT2D eigenvalue weighted by molar-refractivity contribution is 9.10. The van der Waals surface area contributed by atoms with E-state index in [2.05, 4.69) is 66.4 Å². The minimum absolute atomic E-state index is 0.0847. The number of hydrogen-bond acceptors (Lipinski definition) is 6. The smallest absolute Gasteiger partial charge is 0.285 e. The lowest BCUT2D eigenvalue weighted by Gasteiger charge is -2.19. The van der Waals surface area contributed by atoms with Gasteiger partial charge >= 0.3 is 0 Å². The molecule has 2 amide bonds. The Morgan fingerprint density at radius 1 is 1.07 bits per heavy atom. The number of carbonyl (C=O) groups excluding carboxylic acids is 2. The highest BCUT2D eigenvalue weighted by Crippen LogP contribution is 2.39. The molecular weight excluding hydrogens is 608 g/mol. The van der Waals surface area contributed by atoms with E-state index in [4.69, 9.17) is 21.7 Å². The number of aryl methyl sites for hydroxylation is 1. The Hall–Kier alpha value is -3.14. The van der Waals surface area contributed by atoms with Gasteiger partial charge < -0.3 is 9.47 Å². The minimum Gasteiger partial charge on any atom is -0.490 e. The number of halogens is 1. The number of hydrogen-bond donors (Lipinski definition) is 1. The summed E-state index contributed by atoms with van der Waals surface area (Å²) >= 11 is 10.1. The Morgan fingerprint density at radius 3 is 2.38 bits per heavy atom. The van der Waals surface area contributed by atoms with Crippen LogP contribution in [0.15, 0.2) is 70.0 Å². The molecule has 0 radical (unpaired) electrons. The standard InChI is InChI=1S/C31H31BrN2O4S2/c1-6-37-25-16-21(15-24(32)27(25)38-18-20-9-13-23(14-10-20)31(3,4)5)17-26-29(36)34(30(39)40-26)33-28(35)22-11-7-19(2)8-12-22/h7-17H,6,18H2,1-5H3,(H,33,35)/b26-17+. The first-order chi connectivity index (χ1) is 19.0. The second-order valence-electron chi connectivity index (χ2n) is 10.3. The van der Waals surface area contributed by atoms with Crippen LogP contribution in [0.2, 0.25) is 0 Å². The van der Waals surface area contributed by atoms with Gasteiger partial charge in [-0.25, -0.2) is 0 Å². The fourth-order valence-corrected chi connectivity index (χ4v) is 5.67. The Labute approximate surface area is 253 Å². The van der Waals surface area contributed by atoms with Crippen LogP contribution in [0.3, 0.4) is 0 Å². The average molecular weight is 640 g/mol. The van der Waals surface area contributed by atoms with Crippen LogP contribution in [0.1, 0.15) is 60.3 Å². The van der Waals surface area contributed by atoms with Gasteiger partial charge in [-0.2, -0.15) is 5.01 Å². The van der Waals surface area contributed by atoms with Crippen LogP contribution >= 0.6 is 39.9 Å². The molecule has 9 heteroatoms. The molecular formula is C31H31BrN2O4S2. The predicted molar refractivity (Wildman–Crippen MR) is 168 cm³/mol. The molecule has 4 rings (SSSR count). The van der Waals surface area contributed by atoms with Gasteiger partial charge in [-0.15, -0.1) is 0 Å². The Morgan fingerprint density at radius 2 is 1.75 bits per heavy atom. The van der Waals surface area contributed by atoms with Gasteiger partial charge in [0.25, 0.3) is 11.8 Å². The summed E-state index contributed by atoms with van der Waals surface area (Å²) in [6.07, 6.45) is 1.72. The Kier molecular flexibility index (Phi) is 9.38. The third kappa shape index (κ3) is 7.13. The number of hydrazine groups is 1. The number of ether oxygens (including phenoxy) is 2. The van der Waals surface area contributed by atoms with E-state index in [9.17, 15) is 9.59 Å². The minimum atomic E-state index is -0.409. The lowest BCUT2D eigenvalue weighted by atomic mass is 9.87. The zero-order chi connectivity index (χ0) is 29.0. The molecule has 0 spiro atoms. The Bertz CT molecular complexity index is 1460. The fourth-order valence-electron chi connectivity index (χ4n) is 3.92. The summed E-state index contributed by atoms with van der Waals surface area (Å²) in [5, 5.41) is 1.11. The normalized spacial score (nSPS) is 14.6. The molecule has 0 bridgehead atoms. The van der Waals surface area contributed by atoms with Crippen molar-refractivity contribution in [1.82, 2.24) is 10.4 Å². The summed E-state index contributed by atoms with van der Waals surface area (Å²) in [6, 6.07) is 19.2. The molecule has 0 saturated carbocycles. The molecule has 0 unspecified atom stereocenters. The van der Waals surface area contributed by atoms with Crippen LogP contribution in [0.5, 0.6) is 11.5 Å². The lowest BCUT2D eigenvalue weighted by Crippen LogP contribution is -2.44. The molecule has 6 nitrogen and oxygen atoms in total. The molecule has 1 saturated heterocycles. The van der Waals surface area contributed by atoms with Crippen molar-refractivity contribution in [3.63, 3.8) is 0 Å². The molecule has 1 aliphatic rings. The molecule has 0 aromatic heterocycles. The quantitative estimate of drug-likeness (QED) is 0.203. The summed E-state index contributed by atoms with van der Waals surface area (Å²) in [4.78, 5) is 26.2. The van der Waals surface area contributed by atoms with Crippen LogP contribution in [0, 0.1) is 6.92 Å². The molecule has 3 aromatic rings. The molecule has 1 fully saturated rings. The molecule has 0 atom stereocenters. The van der Waals surface area contributed by atoms with Crippen LogP contribution in [0.4, 0.5) is 0 Å². The first-order valence-corrected chi connectivity index (χ1v) is 14.8. The van der Waals surface area contributed by atoms with E-state index < -0.39 is 11.8 Å². The van der Waals surface area contributed by atoms with Crippen molar-refractivity contribution in [3.8, 4) is 11.5 Å². The third-order valence-corrected chi connectivity index (χ3v) is 8.04. The molecule has 3 aromatic carbocycles. The lowest BCUT2D eigenvalue weighted by molar-refractivity contribution is -0.123. The van der Waals surface area contributed by atoms with Gasteiger partial charge in [-0.05, 0) is 94.4 Å². The maximum Gasteiger partial charge on any atom is 0.285 e. The van der Waals surface area contributed by atoms with Gasteiger partial charge in [-0.3, -0.25) is 15.0 Å². The van der Waals surface area contributed by atoms with E-state index in [0.29, 0.717) is 39.7 Å². The maximum atomic E-state index is 13.1. The highest BCUT2D eigenvalue weighted by atomic mass is 79.9. The van der Waals surface area contributed by atoms with Crippen LogP contribution < -0.4 is 14.9 Å². The molecule has 1 aliphatic heterocycles. The van der Waals surface area contributed by atoms with Gasteiger partial charge in [0.1, 0.15) is 6.61 Å². The third-order valence-electron chi connectivity index (χ3n) is 6.15. The van der Waals surface area contributed by atoms with Crippen LogP contribution in [0.25, 0.3) is 6.08 Å². The van der Waals surface area contributed by atoms with Crippen molar-refractivity contribution in [1.29, 1.82) is 0 Å². The number of carbonyl (C=O) groups is 2. The zero-order valence-electron chi connectivity index (χ0n) is 23.0. The summed E-state index contributed by atoms with van der Waals surface area (Å²) < 4.78 is 13.0. The van der Waals surface area contributed by atoms with Gasteiger partial charge in [0.15, 0.2) is 15.8 Å². The molecule has 40 heavy (non-hydrogen) atoms. The number of benzene rings is 3. The first-order valence-electron chi connectivity index (χ1n) is 12.8. The van der Waals surface area contributed by atoms with Crippen molar-refractivity contribution in [2.45, 2.75) is 46.6 Å². The van der Waals surface area contributed by atoms with Crippen LogP contribution in [-0.2, 0) is 16.8 Å². The molecule has 1 heterocycles. The predicted octanol–water partition coefficient (Wildman–Crippen LogP) is 7.58.